The third kappa shape index (κ3) is 5.28. The van der Waals surface area contributed by atoms with E-state index in [2.05, 4.69) is 13.2 Å². The van der Waals surface area contributed by atoms with Crippen LogP contribution in [-0.2, 0) is 0 Å². The molecular weight excluding hydrogens is 340 g/mol. The Morgan fingerprint density at radius 1 is 0.643 bits per heavy atom. The van der Waals surface area contributed by atoms with Gasteiger partial charge in [-0.25, -0.2) is 0 Å². The van der Waals surface area contributed by atoms with E-state index in [1.54, 1.807) is 12.2 Å². The first-order valence-corrected chi connectivity index (χ1v) is 9.31. The van der Waals surface area contributed by atoms with E-state index in [4.69, 9.17) is 0 Å². The minimum absolute atomic E-state index is 0.0127. The molecule has 0 atom stereocenters. The molecule has 2 rings (SSSR count). The van der Waals surface area contributed by atoms with Gasteiger partial charge < -0.3 is 0 Å². The molecule has 0 bridgehead atoms. The molecule has 2 aromatic carbocycles. The second-order valence-electron chi connectivity index (χ2n) is 6.20. The van der Waals surface area contributed by atoms with Crippen LogP contribution in [0.5, 0.6) is 0 Å². The molecule has 0 amide bonds. The van der Waals surface area contributed by atoms with Gasteiger partial charge in [-0.05, 0) is 36.1 Å². The van der Waals surface area contributed by atoms with E-state index in [0.717, 1.165) is 22.3 Å². The summed E-state index contributed by atoms with van der Waals surface area (Å²) in [7, 11) is 0. The zero-order valence-corrected chi connectivity index (χ0v) is 16.6. The normalized spacial score (nSPS) is 12.5. The van der Waals surface area contributed by atoms with Crippen molar-refractivity contribution in [2.75, 3.05) is 0 Å². The lowest BCUT2D eigenvalue weighted by Crippen LogP contribution is -2.01. The second-order valence-corrected chi connectivity index (χ2v) is 6.20. The lowest BCUT2D eigenvalue weighted by molar-refractivity contribution is 0.103. The molecule has 0 N–H and O–H groups in total. The van der Waals surface area contributed by atoms with Crippen LogP contribution in [-0.4, -0.2) is 5.78 Å². The van der Waals surface area contributed by atoms with E-state index in [9.17, 15) is 4.79 Å². The third-order valence-corrected chi connectivity index (χ3v) is 4.25. The predicted octanol–water partition coefficient (Wildman–Crippen LogP) is 7.21. The Hall–Kier alpha value is -3.45. The Bertz CT molecular complexity index is 867. The maximum atomic E-state index is 12.8. The van der Waals surface area contributed by atoms with Crippen LogP contribution in [0.2, 0.25) is 0 Å². The van der Waals surface area contributed by atoms with Gasteiger partial charge in [0.25, 0.3) is 0 Å². The molecule has 0 aliphatic heterocycles. The quantitative estimate of drug-likeness (QED) is 0.356. The summed E-state index contributed by atoms with van der Waals surface area (Å²) in [6.07, 6.45) is 15.4. The van der Waals surface area contributed by atoms with Crippen LogP contribution < -0.4 is 0 Å². The highest BCUT2D eigenvalue weighted by molar-refractivity contribution is 6.09. The van der Waals surface area contributed by atoms with Crippen LogP contribution in [0.1, 0.15) is 40.9 Å². The van der Waals surface area contributed by atoms with Crippen LogP contribution in [0.3, 0.4) is 0 Å². The van der Waals surface area contributed by atoms with E-state index in [-0.39, 0.29) is 5.78 Å². The van der Waals surface area contributed by atoms with E-state index in [1.165, 1.54) is 0 Å². The first-order chi connectivity index (χ1) is 13.6. The highest BCUT2D eigenvalue weighted by atomic mass is 16.1. The largest absolute Gasteiger partial charge is 0.289 e. The maximum Gasteiger partial charge on any atom is 0.193 e. The number of allylic oxidation sites excluding steroid dienone is 10. The van der Waals surface area contributed by atoms with Gasteiger partial charge in [0.1, 0.15) is 0 Å². The van der Waals surface area contributed by atoms with Crippen LogP contribution in [0, 0.1) is 0 Å². The van der Waals surface area contributed by atoms with Crippen molar-refractivity contribution in [1.29, 1.82) is 0 Å². The maximum absolute atomic E-state index is 12.8. The summed E-state index contributed by atoms with van der Waals surface area (Å²) in [5.74, 6) is 0.0127. The number of ketones is 1. The van der Waals surface area contributed by atoms with Crippen molar-refractivity contribution in [3.63, 3.8) is 0 Å². The molecule has 2 aromatic rings. The molecule has 0 saturated heterocycles. The molecule has 0 aromatic heterocycles. The first kappa shape index (κ1) is 20.9. The van der Waals surface area contributed by atoms with E-state index >= 15 is 0 Å². The lowest BCUT2D eigenvalue weighted by Gasteiger charge is -2.07. The summed E-state index contributed by atoms with van der Waals surface area (Å²) >= 11 is 0. The molecule has 0 fully saturated rings. The van der Waals surface area contributed by atoms with E-state index in [1.807, 2.05) is 98.8 Å². The lowest BCUT2D eigenvalue weighted by atomic mass is 9.97. The summed E-state index contributed by atoms with van der Waals surface area (Å²) in [5.41, 5.74) is 5.57. The predicted molar refractivity (Wildman–Crippen MR) is 122 cm³/mol. The van der Waals surface area contributed by atoms with Crippen LogP contribution in [0.15, 0.2) is 110 Å². The number of hydrogen-bond donors (Lipinski definition) is 0. The average Bonchev–Trinajstić information content (AvgIpc) is 2.73. The monoisotopic (exact) mass is 366 g/mol. The molecule has 0 unspecified atom stereocenters. The van der Waals surface area contributed by atoms with Gasteiger partial charge in [-0.15, -0.1) is 0 Å². The number of rotatable bonds is 8. The van der Waals surface area contributed by atoms with Crippen LogP contribution in [0.25, 0.3) is 11.1 Å². The fourth-order valence-corrected chi connectivity index (χ4v) is 2.90. The summed E-state index contributed by atoms with van der Waals surface area (Å²) in [6, 6.07) is 15.3. The second kappa shape index (κ2) is 10.6. The highest BCUT2D eigenvalue weighted by Gasteiger charge is 2.10. The summed E-state index contributed by atoms with van der Waals surface area (Å²) in [6.45, 7) is 11.5. The molecule has 0 aliphatic carbocycles. The molecule has 0 heterocycles. The van der Waals surface area contributed by atoms with E-state index in [0.29, 0.717) is 11.1 Å². The van der Waals surface area contributed by atoms with Crippen molar-refractivity contribution in [3.05, 3.63) is 133 Å². The van der Waals surface area contributed by atoms with Crippen LogP contribution >= 0.6 is 0 Å². The SMILES string of the molecule is C=C/C=C(\C=C/C)c1ccc(C(=O)c2ccc(C(/C=C\C)=C/C=C)cc2)cc1. The van der Waals surface area contributed by atoms with Crippen molar-refractivity contribution >= 4 is 16.9 Å². The zero-order valence-electron chi connectivity index (χ0n) is 16.6. The smallest absolute Gasteiger partial charge is 0.193 e. The Kier molecular flexibility index (Phi) is 7.92. The van der Waals surface area contributed by atoms with Crippen molar-refractivity contribution in [2.45, 2.75) is 13.8 Å². The number of benzene rings is 2. The van der Waals surface area contributed by atoms with Gasteiger partial charge in [0.05, 0.1) is 0 Å². The van der Waals surface area contributed by atoms with Gasteiger partial charge >= 0.3 is 0 Å². The Morgan fingerprint density at radius 3 is 1.25 bits per heavy atom. The summed E-state index contributed by atoms with van der Waals surface area (Å²) < 4.78 is 0. The van der Waals surface area contributed by atoms with Crippen molar-refractivity contribution in [2.24, 2.45) is 0 Å². The molecule has 140 valence electrons. The summed E-state index contributed by atoms with van der Waals surface area (Å²) in [5, 5.41) is 0. The minimum Gasteiger partial charge on any atom is -0.289 e. The molecule has 28 heavy (non-hydrogen) atoms. The molecule has 1 heteroatoms. The fraction of sp³-hybridized carbons (Fsp3) is 0.0741. The number of hydrogen-bond acceptors (Lipinski definition) is 1. The molecule has 0 saturated carbocycles. The van der Waals surface area contributed by atoms with Gasteiger partial charge in [-0.1, -0.05) is 110 Å². The van der Waals surface area contributed by atoms with Gasteiger partial charge in [0, 0.05) is 11.1 Å². The fourth-order valence-electron chi connectivity index (χ4n) is 2.90. The molecule has 1 nitrogen and oxygen atoms in total. The Balaban J connectivity index is 2.26. The van der Waals surface area contributed by atoms with Gasteiger partial charge in [-0.2, -0.15) is 0 Å². The Labute approximate surface area is 168 Å². The Morgan fingerprint density at radius 2 is 0.964 bits per heavy atom. The van der Waals surface area contributed by atoms with Crippen molar-refractivity contribution < 1.29 is 4.79 Å². The van der Waals surface area contributed by atoms with Crippen molar-refractivity contribution in [1.82, 2.24) is 0 Å². The average molecular weight is 367 g/mol. The number of carbonyl (C=O) groups is 1. The molecule has 0 spiro atoms. The minimum atomic E-state index is 0.0127. The molecule has 0 radical (unpaired) electrons. The number of carbonyl (C=O) groups excluding carboxylic acids is 1. The molecular formula is C27H26O. The topological polar surface area (TPSA) is 17.1 Å². The summed E-state index contributed by atoms with van der Waals surface area (Å²) in [4.78, 5) is 12.8. The first-order valence-electron chi connectivity index (χ1n) is 9.31. The van der Waals surface area contributed by atoms with Crippen LogP contribution in [0.4, 0.5) is 0 Å². The standard InChI is InChI=1S/C27H26O/c1-5-9-21(10-6-2)23-13-17-25(18-14-23)27(28)26-19-15-24(16-20-26)22(11-7-3)12-8-4/h5-20H,1,3H2,2,4H3/b10-6-,12-8-,21-9+,22-11+. The van der Waals surface area contributed by atoms with Crippen molar-refractivity contribution in [3.8, 4) is 0 Å². The van der Waals surface area contributed by atoms with Gasteiger partial charge in [0.15, 0.2) is 5.78 Å². The molecule has 0 aliphatic rings. The zero-order chi connectivity index (χ0) is 20.4. The van der Waals surface area contributed by atoms with Gasteiger partial charge in [-0.3, -0.25) is 4.79 Å². The third-order valence-electron chi connectivity index (χ3n) is 4.25. The highest BCUT2D eigenvalue weighted by Crippen LogP contribution is 2.21. The van der Waals surface area contributed by atoms with E-state index < -0.39 is 0 Å². The van der Waals surface area contributed by atoms with Gasteiger partial charge in [0.2, 0.25) is 0 Å².